The van der Waals surface area contributed by atoms with Gasteiger partial charge in [-0.2, -0.15) is 9.97 Å². The highest BCUT2D eigenvalue weighted by Gasteiger charge is 2.13. The molecule has 0 aliphatic heterocycles. The molecule has 0 unspecified atom stereocenters. The van der Waals surface area contributed by atoms with E-state index >= 15 is 0 Å². The smallest absolute Gasteiger partial charge is 0.227 e. The molecule has 0 saturated carbocycles. The monoisotopic (exact) mass is 386 g/mol. The Hall–Kier alpha value is -3.41. The highest BCUT2D eigenvalue weighted by molar-refractivity contribution is 5.84. The van der Waals surface area contributed by atoms with Crippen molar-refractivity contribution >= 4 is 22.9 Å². The first kappa shape index (κ1) is 18.9. The van der Waals surface area contributed by atoms with Gasteiger partial charge in [-0.3, -0.25) is 0 Å². The standard InChI is InChI=1S/C23H26N6/c1-2-3-14-29-17-26-20-21(24-15-18-10-6-4-7-11-18)27-23(28-22(20)29)25-16-19-12-8-5-9-13-19/h4-13,17H,2-3,14-16H2,1H3,(H2,24,25,27,28). The molecule has 0 radical (unpaired) electrons. The number of benzene rings is 2. The van der Waals surface area contributed by atoms with Crippen molar-refractivity contribution in [2.75, 3.05) is 10.6 Å². The molecule has 0 aliphatic carbocycles. The van der Waals surface area contributed by atoms with Crippen LogP contribution in [-0.2, 0) is 19.6 Å². The minimum Gasteiger partial charge on any atom is -0.364 e. The Morgan fingerprint density at radius 2 is 1.48 bits per heavy atom. The van der Waals surface area contributed by atoms with Crippen molar-refractivity contribution in [3.8, 4) is 0 Å². The molecule has 2 aromatic carbocycles. The molecule has 6 heteroatoms. The summed E-state index contributed by atoms with van der Waals surface area (Å²) < 4.78 is 2.11. The number of aromatic nitrogens is 4. The van der Waals surface area contributed by atoms with E-state index in [4.69, 9.17) is 9.97 Å². The molecule has 148 valence electrons. The molecule has 2 aromatic heterocycles. The third-order valence-electron chi connectivity index (χ3n) is 4.81. The van der Waals surface area contributed by atoms with Crippen LogP contribution in [0.25, 0.3) is 11.2 Å². The van der Waals surface area contributed by atoms with Gasteiger partial charge in [-0.15, -0.1) is 0 Å². The number of hydrogen-bond donors (Lipinski definition) is 2. The molecule has 2 heterocycles. The number of aryl methyl sites for hydroxylation is 1. The number of imidazole rings is 1. The maximum atomic E-state index is 4.76. The summed E-state index contributed by atoms with van der Waals surface area (Å²) in [6.45, 7) is 4.45. The van der Waals surface area contributed by atoms with Gasteiger partial charge in [0.15, 0.2) is 17.0 Å². The van der Waals surface area contributed by atoms with Gasteiger partial charge in [0.2, 0.25) is 5.95 Å². The number of nitrogens with one attached hydrogen (secondary N) is 2. The molecule has 0 atom stereocenters. The normalized spacial score (nSPS) is 10.9. The summed E-state index contributed by atoms with van der Waals surface area (Å²) >= 11 is 0. The maximum Gasteiger partial charge on any atom is 0.227 e. The Kier molecular flexibility index (Phi) is 6.00. The van der Waals surface area contributed by atoms with Gasteiger partial charge in [0.05, 0.1) is 6.33 Å². The van der Waals surface area contributed by atoms with Gasteiger partial charge in [-0.25, -0.2) is 4.98 Å². The first-order valence-electron chi connectivity index (χ1n) is 10.1. The van der Waals surface area contributed by atoms with Crippen LogP contribution in [0.15, 0.2) is 67.0 Å². The van der Waals surface area contributed by atoms with Gasteiger partial charge in [0.1, 0.15) is 0 Å². The van der Waals surface area contributed by atoms with Crippen molar-refractivity contribution in [1.29, 1.82) is 0 Å². The van der Waals surface area contributed by atoms with Crippen molar-refractivity contribution in [2.24, 2.45) is 0 Å². The first-order chi connectivity index (χ1) is 14.3. The Morgan fingerprint density at radius 1 is 0.828 bits per heavy atom. The quantitative estimate of drug-likeness (QED) is 0.430. The van der Waals surface area contributed by atoms with E-state index in [0.717, 1.165) is 36.4 Å². The molecule has 0 spiro atoms. The Bertz CT molecular complexity index is 1040. The third-order valence-corrected chi connectivity index (χ3v) is 4.81. The van der Waals surface area contributed by atoms with Gasteiger partial charge in [0.25, 0.3) is 0 Å². The predicted octanol–water partition coefficient (Wildman–Crippen LogP) is 4.85. The molecule has 4 rings (SSSR count). The zero-order chi connectivity index (χ0) is 19.9. The van der Waals surface area contributed by atoms with Crippen LogP contribution in [0.3, 0.4) is 0 Å². The van der Waals surface area contributed by atoms with Crippen LogP contribution in [-0.4, -0.2) is 19.5 Å². The number of rotatable bonds is 9. The molecule has 0 bridgehead atoms. The SMILES string of the molecule is CCCCn1cnc2c(NCc3ccccc3)nc(NCc3ccccc3)nc21. The molecular weight excluding hydrogens is 360 g/mol. The Morgan fingerprint density at radius 3 is 2.14 bits per heavy atom. The van der Waals surface area contributed by atoms with E-state index in [9.17, 15) is 0 Å². The average Bonchev–Trinajstić information content (AvgIpc) is 3.19. The minimum atomic E-state index is 0.607. The van der Waals surface area contributed by atoms with Crippen molar-refractivity contribution in [1.82, 2.24) is 19.5 Å². The zero-order valence-corrected chi connectivity index (χ0v) is 16.7. The summed E-state index contributed by atoms with van der Waals surface area (Å²) in [6, 6.07) is 20.6. The highest BCUT2D eigenvalue weighted by Crippen LogP contribution is 2.22. The second kappa shape index (κ2) is 9.19. The fourth-order valence-corrected chi connectivity index (χ4v) is 3.20. The summed E-state index contributed by atoms with van der Waals surface area (Å²) in [5, 5.41) is 6.81. The summed E-state index contributed by atoms with van der Waals surface area (Å²) in [5.74, 6) is 1.36. The summed E-state index contributed by atoms with van der Waals surface area (Å²) in [5.41, 5.74) is 4.06. The van der Waals surface area contributed by atoms with E-state index in [1.807, 2.05) is 42.7 Å². The molecule has 6 nitrogen and oxygen atoms in total. The average molecular weight is 387 g/mol. The van der Waals surface area contributed by atoms with Gasteiger partial charge in [-0.1, -0.05) is 74.0 Å². The zero-order valence-electron chi connectivity index (χ0n) is 16.7. The molecule has 0 fully saturated rings. The van der Waals surface area contributed by atoms with Crippen LogP contribution in [0.2, 0.25) is 0 Å². The summed E-state index contributed by atoms with van der Waals surface area (Å²) in [6.07, 6.45) is 4.09. The van der Waals surface area contributed by atoms with Crippen molar-refractivity contribution in [3.63, 3.8) is 0 Å². The lowest BCUT2D eigenvalue weighted by Gasteiger charge is -2.11. The predicted molar refractivity (Wildman–Crippen MR) is 118 cm³/mol. The van der Waals surface area contributed by atoms with Crippen LogP contribution in [0.5, 0.6) is 0 Å². The molecule has 4 aromatic rings. The van der Waals surface area contributed by atoms with Crippen molar-refractivity contribution in [3.05, 3.63) is 78.1 Å². The first-order valence-corrected chi connectivity index (χ1v) is 10.1. The molecule has 0 saturated heterocycles. The molecule has 29 heavy (non-hydrogen) atoms. The lowest BCUT2D eigenvalue weighted by Crippen LogP contribution is -2.09. The van der Waals surface area contributed by atoms with Crippen molar-refractivity contribution < 1.29 is 0 Å². The molecule has 2 N–H and O–H groups in total. The molecule has 0 aliphatic rings. The fourth-order valence-electron chi connectivity index (χ4n) is 3.20. The number of anilines is 2. The van der Waals surface area contributed by atoms with Crippen LogP contribution in [0.4, 0.5) is 11.8 Å². The third kappa shape index (κ3) is 4.71. The van der Waals surface area contributed by atoms with Gasteiger partial charge in [-0.05, 0) is 17.5 Å². The number of unbranched alkanes of at least 4 members (excludes halogenated alkanes) is 1. The van der Waals surface area contributed by atoms with Crippen LogP contribution in [0, 0.1) is 0 Å². The fraction of sp³-hybridized carbons (Fsp3) is 0.261. The summed E-state index contributed by atoms with van der Waals surface area (Å²) in [4.78, 5) is 14.1. The topological polar surface area (TPSA) is 67.7 Å². The lowest BCUT2D eigenvalue weighted by molar-refractivity contribution is 0.641. The number of nitrogens with zero attached hydrogens (tertiary/aromatic N) is 4. The van der Waals surface area contributed by atoms with Gasteiger partial charge >= 0.3 is 0 Å². The van der Waals surface area contributed by atoms with E-state index in [0.29, 0.717) is 19.0 Å². The molecule has 0 amide bonds. The minimum absolute atomic E-state index is 0.607. The van der Waals surface area contributed by atoms with E-state index < -0.39 is 0 Å². The van der Waals surface area contributed by atoms with E-state index in [1.54, 1.807) is 0 Å². The highest BCUT2D eigenvalue weighted by atomic mass is 15.2. The maximum absolute atomic E-state index is 4.76. The largest absolute Gasteiger partial charge is 0.364 e. The van der Waals surface area contributed by atoms with Gasteiger partial charge in [0, 0.05) is 19.6 Å². The molecular formula is C23H26N6. The van der Waals surface area contributed by atoms with Crippen LogP contribution in [0.1, 0.15) is 30.9 Å². The van der Waals surface area contributed by atoms with Crippen molar-refractivity contribution in [2.45, 2.75) is 39.4 Å². The van der Waals surface area contributed by atoms with E-state index in [2.05, 4.69) is 51.4 Å². The van der Waals surface area contributed by atoms with Crippen LogP contribution >= 0.6 is 0 Å². The lowest BCUT2D eigenvalue weighted by atomic mass is 10.2. The van der Waals surface area contributed by atoms with Crippen LogP contribution < -0.4 is 10.6 Å². The Labute approximate surface area is 171 Å². The van der Waals surface area contributed by atoms with E-state index in [1.165, 1.54) is 11.1 Å². The Balaban J connectivity index is 1.61. The van der Waals surface area contributed by atoms with Gasteiger partial charge < -0.3 is 15.2 Å². The summed E-state index contributed by atoms with van der Waals surface area (Å²) in [7, 11) is 0. The van der Waals surface area contributed by atoms with E-state index in [-0.39, 0.29) is 0 Å². The number of hydrogen-bond acceptors (Lipinski definition) is 5. The second-order valence-electron chi connectivity index (χ2n) is 7.04. The second-order valence-corrected chi connectivity index (χ2v) is 7.04. The number of fused-ring (bicyclic) bond motifs is 1.